The summed E-state index contributed by atoms with van der Waals surface area (Å²) >= 11 is 0. The van der Waals surface area contributed by atoms with Gasteiger partial charge in [0.25, 0.3) is 5.91 Å². The molecular formula is C11H14F2N2O. The molecule has 1 aromatic rings. The molecule has 0 saturated heterocycles. The zero-order chi connectivity index (χ0) is 12.1. The number of nitrogens with one attached hydrogen (secondary N) is 1. The van der Waals surface area contributed by atoms with Crippen molar-refractivity contribution in [2.75, 3.05) is 13.1 Å². The summed E-state index contributed by atoms with van der Waals surface area (Å²) in [6.45, 7) is 2.67. The fourth-order valence-corrected chi connectivity index (χ4v) is 1.12. The molecule has 16 heavy (non-hydrogen) atoms. The van der Waals surface area contributed by atoms with Gasteiger partial charge in [-0.2, -0.15) is 0 Å². The molecule has 88 valence electrons. The molecule has 0 radical (unpaired) electrons. The Morgan fingerprint density at radius 3 is 2.75 bits per heavy atom. The van der Waals surface area contributed by atoms with Crippen molar-refractivity contribution in [2.45, 2.75) is 6.92 Å². The Balaban J connectivity index is 2.66. The number of hydrogen-bond donors (Lipinski definition) is 2. The van der Waals surface area contributed by atoms with Crippen molar-refractivity contribution < 1.29 is 13.6 Å². The second kappa shape index (κ2) is 5.55. The first kappa shape index (κ1) is 12.6. The number of amides is 1. The standard InChI is InChI=1S/C11H14F2N2O/c1-7(5-14)6-15-11(16)9-3-2-8(12)4-10(9)13/h2-4,7H,5-6,14H2,1H3,(H,15,16). The summed E-state index contributed by atoms with van der Waals surface area (Å²) < 4.78 is 25.8. The van der Waals surface area contributed by atoms with Gasteiger partial charge in [0, 0.05) is 12.6 Å². The highest BCUT2D eigenvalue weighted by Gasteiger charge is 2.12. The number of hydrogen-bond acceptors (Lipinski definition) is 2. The zero-order valence-corrected chi connectivity index (χ0v) is 8.97. The van der Waals surface area contributed by atoms with Crippen molar-refractivity contribution >= 4 is 5.91 Å². The van der Waals surface area contributed by atoms with Crippen LogP contribution in [0.15, 0.2) is 18.2 Å². The van der Waals surface area contributed by atoms with E-state index in [1.54, 1.807) is 0 Å². The third kappa shape index (κ3) is 3.27. The predicted octanol–water partition coefficient (Wildman–Crippen LogP) is 1.29. The summed E-state index contributed by atoms with van der Waals surface area (Å²) in [5.41, 5.74) is 5.21. The first-order valence-corrected chi connectivity index (χ1v) is 4.98. The SMILES string of the molecule is CC(CN)CNC(=O)c1ccc(F)cc1F. The Labute approximate surface area is 92.6 Å². The third-order valence-electron chi connectivity index (χ3n) is 2.19. The van der Waals surface area contributed by atoms with Gasteiger partial charge in [0.15, 0.2) is 0 Å². The minimum atomic E-state index is -0.863. The van der Waals surface area contributed by atoms with Crippen molar-refractivity contribution in [2.24, 2.45) is 11.7 Å². The first-order chi connectivity index (χ1) is 7.54. The van der Waals surface area contributed by atoms with Crippen molar-refractivity contribution in [3.8, 4) is 0 Å². The highest BCUT2D eigenvalue weighted by molar-refractivity contribution is 5.94. The maximum absolute atomic E-state index is 13.2. The van der Waals surface area contributed by atoms with E-state index in [4.69, 9.17) is 5.73 Å². The molecule has 0 heterocycles. The quantitative estimate of drug-likeness (QED) is 0.815. The van der Waals surface area contributed by atoms with Gasteiger partial charge in [0.1, 0.15) is 11.6 Å². The molecular weight excluding hydrogens is 214 g/mol. The Morgan fingerprint density at radius 1 is 1.50 bits per heavy atom. The van der Waals surface area contributed by atoms with Gasteiger partial charge in [-0.3, -0.25) is 4.79 Å². The lowest BCUT2D eigenvalue weighted by Gasteiger charge is -2.10. The molecule has 0 fully saturated rings. The Hall–Kier alpha value is -1.49. The van der Waals surface area contributed by atoms with Crippen molar-refractivity contribution in [3.05, 3.63) is 35.4 Å². The van der Waals surface area contributed by atoms with Crippen molar-refractivity contribution in [1.82, 2.24) is 5.32 Å². The van der Waals surface area contributed by atoms with E-state index in [0.717, 1.165) is 12.1 Å². The van der Waals surface area contributed by atoms with Crippen LogP contribution in [0, 0.1) is 17.6 Å². The molecule has 1 amide bonds. The maximum Gasteiger partial charge on any atom is 0.254 e. The minimum absolute atomic E-state index is 0.118. The largest absolute Gasteiger partial charge is 0.352 e. The normalized spacial score (nSPS) is 12.2. The zero-order valence-electron chi connectivity index (χ0n) is 8.97. The summed E-state index contributed by atoms with van der Waals surface area (Å²) in [7, 11) is 0. The Morgan fingerprint density at radius 2 is 2.19 bits per heavy atom. The number of carbonyl (C=O) groups is 1. The van der Waals surface area contributed by atoms with E-state index in [1.165, 1.54) is 0 Å². The van der Waals surface area contributed by atoms with Crippen LogP contribution in [0.5, 0.6) is 0 Å². The molecule has 0 aromatic heterocycles. The van der Waals surface area contributed by atoms with Gasteiger partial charge in [-0.05, 0) is 24.6 Å². The number of carbonyl (C=O) groups excluding carboxylic acids is 1. The first-order valence-electron chi connectivity index (χ1n) is 4.98. The molecule has 0 saturated carbocycles. The van der Waals surface area contributed by atoms with Crippen molar-refractivity contribution in [1.29, 1.82) is 0 Å². The van der Waals surface area contributed by atoms with Gasteiger partial charge >= 0.3 is 0 Å². The molecule has 1 atom stereocenters. The van der Waals surface area contributed by atoms with Gasteiger partial charge < -0.3 is 11.1 Å². The van der Waals surface area contributed by atoms with Gasteiger partial charge in [-0.1, -0.05) is 6.92 Å². The average Bonchev–Trinajstić information content (AvgIpc) is 2.25. The van der Waals surface area contributed by atoms with E-state index in [9.17, 15) is 13.6 Å². The molecule has 0 aliphatic rings. The van der Waals surface area contributed by atoms with Gasteiger partial charge in [0.05, 0.1) is 5.56 Å². The second-order valence-electron chi connectivity index (χ2n) is 3.68. The lowest BCUT2D eigenvalue weighted by molar-refractivity contribution is 0.0944. The van der Waals surface area contributed by atoms with E-state index in [1.807, 2.05) is 6.92 Å². The van der Waals surface area contributed by atoms with E-state index in [-0.39, 0.29) is 11.5 Å². The van der Waals surface area contributed by atoms with E-state index in [0.29, 0.717) is 19.2 Å². The lowest BCUT2D eigenvalue weighted by Crippen LogP contribution is -2.31. The third-order valence-corrected chi connectivity index (χ3v) is 2.19. The van der Waals surface area contributed by atoms with Crippen LogP contribution in [-0.4, -0.2) is 19.0 Å². The molecule has 5 heteroatoms. The molecule has 0 aliphatic heterocycles. The molecule has 1 rings (SSSR count). The Kier molecular flexibility index (Phi) is 4.37. The van der Waals surface area contributed by atoms with Crippen LogP contribution in [-0.2, 0) is 0 Å². The molecule has 1 aromatic carbocycles. The van der Waals surface area contributed by atoms with E-state index < -0.39 is 17.5 Å². The fourth-order valence-electron chi connectivity index (χ4n) is 1.12. The Bertz CT molecular complexity index is 382. The number of halogens is 2. The predicted molar refractivity (Wildman–Crippen MR) is 56.9 cm³/mol. The molecule has 0 spiro atoms. The number of nitrogens with two attached hydrogens (primary N) is 1. The lowest BCUT2D eigenvalue weighted by atomic mass is 10.1. The van der Waals surface area contributed by atoms with E-state index >= 15 is 0 Å². The monoisotopic (exact) mass is 228 g/mol. The van der Waals surface area contributed by atoms with Crippen LogP contribution in [0.1, 0.15) is 17.3 Å². The van der Waals surface area contributed by atoms with Crippen LogP contribution in [0.2, 0.25) is 0 Å². The molecule has 3 N–H and O–H groups in total. The summed E-state index contributed by atoms with van der Waals surface area (Å²) in [5, 5.41) is 2.53. The molecule has 3 nitrogen and oxygen atoms in total. The maximum atomic E-state index is 13.2. The van der Waals surface area contributed by atoms with Crippen molar-refractivity contribution in [3.63, 3.8) is 0 Å². The second-order valence-corrected chi connectivity index (χ2v) is 3.68. The van der Waals surface area contributed by atoms with Gasteiger partial charge in [-0.15, -0.1) is 0 Å². The summed E-state index contributed by atoms with van der Waals surface area (Å²) in [4.78, 5) is 11.5. The summed E-state index contributed by atoms with van der Waals surface area (Å²) in [6, 6.07) is 2.85. The number of benzene rings is 1. The minimum Gasteiger partial charge on any atom is -0.352 e. The summed E-state index contributed by atoms with van der Waals surface area (Å²) in [5.74, 6) is -2.01. The summed E-state index contributed by atoms with van der Waals surface area (Å²) in [6.07, 6.45) is 0. The topological polar surface area (TPSA) is 55.1 Å². The number of rotatable bonds is 4. The van der Waals surface area contributed by atoms with Crippen LogP contribution < -0.4 is 11.1 Å². The highest BCUT2D eigenvalue weighted by Crippen LogP contribution is 2.09. The van der Waals surface area contributed by atoms with Crippen LogP contribution in [0.25, 0.3) is 0 Å². The van der Waals surface area contributed by atoms with Crippen LogP contribution in [0.3, 0.4) is 0 Å². The molecule has 0 aliphatic carbocycles. The highest BCUT2D eigenvalue weighted by atomic mass is 19.1. The average molecular weight is 228 g/mol. The smallest absolute Gasteiger partial charge is 0.254 e. The molecule has 0 bridgehead atoms. The van der Waals surface area contributed by atoms with E-state index in [2.05, 4.69) is 5.32 Å². The van der Waals surface area contributed by atoms with Gasteiger partial charge in [0.2, 0.25) is 0 Å². The fraction of sp³-hybridized carbons (Fsp3) is 0.364. The van der Waals surface area contributed by atoms with Crippen LogP contribution >= 0.6 is 0 Å². The van der Waals surface area contributed by atoms with Crippen LogP contribution in [0.4, 0.5) is 8.78 Å². The van der Waals surface area contributed by atoms with Gasteiger partial charge in [-0.25, -0.2) is 8.78 Å². The molecule has 1 unspecified atom stereocenters.